The molecule has 0 spiro atoms. The van der Waals surface area contributed by atoms with Gasteiger partial charge in [0.1, 0.15) is 0 Å². The Morgan fingerprint density at radius 2 is 0.877 bits per heavy atom. The molecule has 0 amide bonds. The van der Waals surface area contributed by atoms with Crippen LogP contribution in [0.15, 0.2) is 200 Å². The molecule has 0 N–H and O–H groups in total. The van der Waals surface area contributed by atoms with Gasteiger partial charge in [0.15, 0.2) is 17.5 Å². The summed E-state index contributed by atoms with van der Waals surface area (Å²) in [5, 5.41) is 5.43. The van der Waals surface area contributed by atoms with Crippen LogP contribution in [0.2, 0.25) is 0 Å². The molecule has 5 heteroatoms. The summed E-state index contributed by atoms with van der Waals surface area (Å²) < 4.78 is 2.38. The Morgan fingerprint density at radius 1 is 0.351 bits per heavy atom. The summed E-state index contributed by atoms with van der Waals surface area (Å²) in [4.78, 5) is 21.3. The van der Waals surface area contributed by atoms with Gasteiger partial charge in [-0.15, -0.1) is 0 Å². The molecule has 0 radical (unpaired) electrons. The second-order valence-corrected chi connectivity index (χ2v) is 14.2. The molecule has 11 aromatic rings. The normalized spacial score (nSPS) is 11.5. The van der Waals surface area contributed by atoms with Crippen LogP contribution in [0.3, 0.4) is 0 Å². The Hall–Kier alpha value is -7.76. The first-order valence-electron chi connectivity index (χ1n) is 19.2. The molecule has 0 fully saturated rings. The zero-order chi connectivity index (χ0) is 37.7. The topological polar surface area (TPSA) is 56.5 Å². The second kappa shape index (κ2) is 13.5. The van der Waals surface area contributed by atoms with Gasteiger partial charge in [-0.1, -0.05) is 176 Å². The third-order valence-corrected chi connectivity index (χ3v) is 10.8. The summed E-state index contributed by atoms with van der Waals surface area (Å²) in [6, 6.07) is 69.6. The van der Waals surface area contributed by atoms with Crippen molar-refractivity contribution in [3.05, 3.63) is 200 Å². The zero-order valence-electron chi connectivity index (χ0n) is 30.8. The average molecular weight is 728 g/mol. The van der Waals surface area contributed by atoms with E-state index in [1.165, 1.54) is 0 Å². The Labute approximate surface area is 329 Å². The number of nitrogens with zero attached hydrogens (tertiary/aromatic N) is 5. The Balaban J connectivity index is 1.23. The summed E-state index contributed by atoms with van der Waals surface area (Å²) in [6.07, 6.45) is 0. The fraction of sp³-hybridized carbons (Fsp3) is 0. The minimum Gasteiger partial charge on any atom is -0.308 e. The van der Waals surface area contributed by atoms with Crippen LogP contribution < -0.4 is 0 Å². The predicted molar refractivity (Wildman–Crippen MR) is 234 cm³/mol. The molecule has 8 aromatic carbocycles. The predicted octanol–water partition coefficient (Wildman–Crippen LogP) is 13.0. The summed E-state index contributed by atoms with van der Waals surface area (Å²) in [5.41, 5.74) is 11.1. The van der Waals surface area contributed by atoms with Crippen LogP contribution in [0, 0.1) is 0 Å². The van der Waals surface area contributed by atoms with Crippen molar-refractivity contribution < 1.29 is 0 Å². The smallest absolute Gasteiger partial charge is 0.165 e. The van der Waals surface area contributed by atoms with Gasteiger partial charge >= 0.3 is 0 Å². The van der Waals surface area contributed by atoms with E-state index in [1.807, 2.05) is 24.3 Å². The van der Waals surface area contributed by atoms with E-state index < -0.39 is 0 Å². The fourth-order valence-electron chi connectivity index (χ4n) is 8.21. The molecule has 5 nitrogen and oxygen atoms in total. The van der Waals surface area contributed by atoms with E-state index in [4.69, 9.17) is 19.9 Å². The molecule has 0 bridgehead atoms. The average Bonchev–Trinajstić information content (AvgIpc) is 3.65. The molecule has 11 rings (SSSR count). The van der Waals surface area contributed by atoms with Crippen LogP contribution in [-0.4, -0.2) is 24.5 Å². The van der Waals surface area contributed by atoms with Gasteiger partial charge < -0.3 is 4.57 Å². The van der Waals surface area contributed by atoms with E-state index in [0.717, 1.165) is 88.2 Å². The number of hydrogen-bond donors (Lipinski definition) is 0. The summed E-state index contributed by atoms with van der Waals surface area (Å²) >= 11 is 0. The molecule has 0 unspecified atom stereocenters. The van der Waals surface area contributed by atoms with Crippen LogP contribution in [0.1, 0.15) is 0 Å². The van der Waals surface area contributed by atoms with Crippen molar-refractivity contribution in [2.24, 2.45) is 0 Å². The van der Waals surface area contributed by atoms with Crippen molar-refractivity contribution in [2.75, 3.05) is 0 Å². The molecule has 0 aliphatic rings. The fourth-order valence-corrected chi connectivity index (χ4v) is 8.21. The molecular formula is C52H33N5. The van der Waals surface area contributed by atoms with Crippen molar-refractivity contribution in [2.45, 2.75) is 0 Å². The lowest BCUT2D eigenvalue weighted by molar-refractivity contribution is 1.08. The number of rotatable bonds is 6. The summed E-state index contributed by atoms with van der Waals surface area (Å²) in [5.74, 6) is 1.81. The summed E-state index contributed by atoms with van der Waals surface area (Å²) in [6.45, 7) is 0. The molecule has 0 atom stereocenters. The van der Waals surface area contributed by atoms with Crippen molar-refractivity contribution in [1.82, 2.24) is 24.5 Å². The lowest BCUT2D eigenvalue weighted by atomic mass is 9.93. The second-order valence-electron chi connectivity index (χ2n) is 14.2. The van der Waals surface area contributed by atoms with Crippen LogP contribution in [0.5, 0.6) is 0 Å². The highest BCUT2D eigenvalue weighted by Crippen LogP contribution is 2.45. The van der Waals surface area contributed by atoms with Gasteiger partial charge in [0.25, 0.3) is 0 Å². The largest absolute Gasteiger partial charge is 0.308 e. The Bertz CT molecular complexity index is 3270. The van der Waals surface area contributed by atoms with E-state index in [2.05, 4.69) is 180 Å². The zero-order valence-corrected chi connectivity index (χ0v) is 30.8. The minimum absolute atomic E-state index is 0.590. The van der Waals surface area contributed by atoms with Crippen molar-refractivity contribution in [3.8, 4) is 62.2 Å². The number of fused-ring (bicyclic) bond motifs is 6. The maximum Gasteiger partial charge on any atom is 0.165 e. The Morgan fingerprint density at radius 3 is 1.61 bits per heavy atom. The van der Waals surface area contributed by atoms with Crippen LogP contribution in [0.4, 0.5) is 0 Å². The highest BCUT2D eigenvalue weighted by atomic mass is 15.0. The SMILES string of the molecule is c1ccc(-c2ccc(-c3nc(-c4ccccc4)nc(-c4c(-c5nc6ccccc6c6c5c5ccccc5n6-c5ccccc5)ccc5ccccc45)n3)cc2)cc1. The lowest BCUT2D eigenvalue weighted by Gasteiger charge is -2.16. The van der Waals surface area contributed by atoms with Gasteiger partial charge in [0, 0.05) is 44.1 Å². The minimum atomic E-state index is 0.590. The first-order chi connectivity index (χ1) is 28.3. The van der Waals surface area contributed by atoms with Crippen molar-refractivity contribution >= 4 is 43.5 Å². The number of hydrogen-bond acceptors (Lipinski definition) is 4. The monoisotopic (exact) mass is 727 g/mol. The first-order valence-corrected chi connectivity index (χ1v) is 19.2. The van der Waals surface area contributed by atoms with Crippen molar-refractivity contribution in [3.63, 3.8) is 0 Å². The van der Waals surface area contributed by atoms with Crippen LogP contribution >= 0.6 is 0 Å². The van der Waals surface area contributed by atoms with Gasteiger partial charge in [-0.2, -0.15) is 0 Å². The van der Waals surface area contributed by atoms with Gasteiger partial charge in [-0.05, 0) is 46.2 Å². The number of pyridine rings is 1. The van der Waals surface area contributed by atoms with Gasteiger partial charge in [0.05, 0.1) is 22.2 Å². The quantitative estimate of drug-likeness (QED) is 0.171. The number of benzene rings is 8. The van der Waals surface area contributed by atoms with Crippen LogP contribution in [0.25, 0.3) is 106 Å². The standard InChI is InChI=1S/C52H33N5/c1-4-16-34(17-5-1)35-28-30-38(31-29-35)51-54-50(37-19-6-2-7-20-37)55-52(56-51)46-40-23-11-10-18-36(40)32-33-43(46)48-47-42-25-13-15-27-45(42)57(39-21-8-3-9-22-39)49(47)41-24-12-14-26-44(41)53-48/h1-33H. The van der Waals surface area contributed by atoms with E-state index in [9.17, 15) is 0 Å². The molecule has 57 heavy (non-hydrogen) atoms. The van der Waals surface area contributed by atoms with E-state index >= 15 is 0 Å². The molecule has 266 valence electrons. The maximum absolute atomic E-state index is 5.54. The maximum atomic E-state index is 5.54. The molecule has 0 aliphatic heterocycles. The van der Waals surface area contributed by atoms with Crippen molar-refractivity contribution in [1.29, 1.82) is 0 Å². The van der Waals surface area contributed by atoms with Gasteiger partial charge in [-0.3, -0.25) is 0 Å². The molecule has 3 heterocycles. The molecule has 3 aromatic heterocycles. The Kier molecular flexibility index (Phi) is 7.74. The molecular weight excluding hydrogens is 695 g/mol. The molecule has 0 aliphatic carbocycles. The van der Waals surface area contributed by atoms with Gasteiger partial charge in [-0.25, -0.2) is 19.9 Å². The molecule has 0 saturated carbocycles. The number of para-hydroxylation sites is 3. The number of aromatic nitrogens is 5. The van der Waals surface area contributed by atoms with E-state index in [0.29, 0.717) is 17.5 Å². The van der Waals surface area contributed by atoms with Crippen LogP contribution in [-0.2, 0) is 0 Å². The van der Waals surface area contributed by atoms with Gasteiger partial charge in [0.2, 0.25) is 0 Å². The molecule has 0 saturated heterocycles. The summed E-state index contributed by atoms with van der Waals surface area (Å²) in [7, 11) is 0. The third-order valence-electron chi connectivity index (χ3n) is 10.8. The van der Waals surface area contributed by atoms with E-state index in [-0.39, 0.29) is 0 Å². The lowest BCUT2D eigenvalue weighted by Crippen LogP contribution is -2.02. The van der Waals surface area contributed by atoms with E-state index in [1.54, 1.807) is 0 Å². The first kappa shape index (κ1) is 32.7. The highest BCUT2D eigenvalue weighted by molar-refractivity contribution is 6.23. The highest BCUT2D eigenvalue weighted by Gasteiger charge is 2.25. The third kappa shape index (κ3) is 5.56.